The maximum atomic E-state index is 12.8. The molecule has 2 N–H and O–H groups in total. The summed E-state index contributed by atoms with van der Waals surface area (Å²) in [4.78, 5) is 4.40. The molecule has 0 aliphatic heterocycles. The van der Waals surface area contributed by atoms with Crippen LogP contribution in [0.4, 0.5) is 24.7 Å². The number of methoxy groups -OCH3 is 1. The lowest BCUT2D eigenvalue weighted by atomic mass is 10.1. The van der Waals surface area contributed by atoms with Gasteiger partial charge in [0.1, 0.15) is 11.6 Å². The van der Waals surface area contributed by atoms with Crippen LogP contribution in [0.2, 0.25) is 0 Å². The van der Waals surface area contributed by atoms with Crippen molar-refractivity contribution in [3.05, 3.63) is 46.6 Å². The summed E-state index contributed by atoms with van der Waals surface area (Å²) in [6.07, 6.45) is -4.41. The van der Waals surface area contributed by atoms with Crippen LogP contribution < -0.4 is 15.4 Å². The highest BCUT2D eigenvalue weighted by molar-refractivity contribution is 7.80. The molecule has 1 aromatic carbocycles. The third kappa shape index (κ3) is 4.39. The maximum Gasteiger partial charge on any atom is 0.416 e. The maximum absolute atomic E-state index is 12.8. The van der Waals surface area contributed by atoms with Gasteiger partial charge in [-0.2, -0.15) is 13.2 Å². The zero-order valence-corrected chi connectivity index (χ0v) is 15.0. The van der Waals surface area contributed by atoms with E-state index in [9.17, 15) is 13.2 Å². The minimum Gasteiger partial charge on any atom is -0.495 e. The van der Waals surface area contributed by atoms with Crippen molar-refractivity contribution in [1.29, 1.82) is 0 Å². The number of hydrogen-bond acceptors (Lipinski definition) is 3. The Bertz CT molecular complexity index is 806. The molecular weight excluding hydrogens is 351 g/mol. The Morgan fingerprint density at radius 1 is 1.12 bits per heavy atom. The number of anilines is 2. The number of aromatic nitrogens is 1. The van der Waals surface area contributed by atoms with Gasteiger partial charge in [0.2, 0.25) is 0 Å². The highest BCUT2D eigenvalue weighted by atomic mass is 32.1. The van der Waals surface area contributed by atoms with Gasteiger partial charge in [-0.1, -0.05) is 6.07 Å². The van der Waals surface area contributed by atoms with E-state index in [0.29, 0.717) is 17.3 Å². The standard InChI is InChI=1S/C17H18F3N3OS/c1-9-10(2)15(21-11(3)14(9)24-4)23-16(25)22-13-7-5-6-12(8-13)17(18,19)20/h5-8H,1-4H3,(H2,21,22,23,25). The summed E-state index contributed by atoms with van der Waals surface area (Å²) in [5, 5.41) is 5.82. The van der Waals surface area contributed by atoms with Gasteiger partial charge in [0.05, 0.1) is 18.4 Å². The highest BCUT2D eigenvalue weighted by Crippen LogP contribution is 2.31. The van der Waals surface area contributed by atoms with Gasteiger partial charge in [-0.25, -0.2) is 4.98 Å². The molecule has 4 nitrogen and oxygen atoms in total. The van der Waals surface area contributed by atoms with Crippen LogP contribution in [0.1, 0.15) is 22.4 Å². The molecule has 1 aromatic heterocycles. The number of pyridine rings is 1. The quantitative estimate of drug-likeness (QED) is 0.758. The third-order valence-electron chi connectivity index (χ3n) is 3.75. The van der Waals surface area contributed by atoms with Gasteiger partial charge < -0.3 is 15.4 Å². The van der Waals surface area contributed by atoms with Crippen LogP contribution in [0.5, 0.6) is 5.75 Å². The molecular formula is C17H18F3N3OS. The van der Waals surface area contributed by atoms with Crippen LogP contribution in [0.15, 0.2) is 24.3 Å². The van der Waals surface area contributed by atoms with Gasteiger partial charge >= 0.3 is 6.18 Å². The van der Waals surface area contributed by atoms with Crippen LogP contribution in [0, 0.1) is 20.8 Å². The van der Waals surface area contributed by atoms with E-state index in [4.69, 9.17) is 17.0 Å². The summed E-state index contributed by atoms with van der Waals surface area (Å²) in [5.74, 6) is 1.22. The number of nitrogens with zero attached hydrogens (tertiary/aromatic N) is 1. The largest absolute Gasteiger partial charge is 0.495 e. The van der Waals surface area contributed by atoms with Crippen molar-refractivity contribution in [2.24, 2.45) is 0 Å². The first-order valence-corrected chi connectivity index (χ1v) is 7.81. The number of rotatable bonds is 3. The number of ether oxygens (including phenoxy) is 1. The second kappa shape index (κ2) is 7.26. The van der Waals surface area contributed by atoms with Crippen molar-refractivity contribution in [2.75, 3.05) is 17.7 Å². The average molecular weight is 369 g/mol. The summed E-state index contributed by atoms with van der Waals surface area (Å²) in [5.41, 5.74) is 1.95. The molecule has 0 atom stereocenters. The van der Waals surface area contributed by atoms with Crippen LogP contribution in [-0.4, -0.2) is 17.2 Å². The van der Waals surface area contributed by atoms with E-state index in [1.165, 1.54) is 12.1 Å². The first kappa shape index (κ1) is 19.0. The zero-order chi connectivity index (χ0) is 18.8. The van der Waals surface area contributed by atoms with Gasteiger partial charge in [-0.15, -0.1) is 0 Å². The molecule has 2 aromatic rings. The van der Waals surface area contributed by atoms with Gasteiger partial charge in [-0.3, -0.25) is 0 Å². The number of hydrogen-bond donors (Lipinski definition) is 2. The minimum absolute atomic E-state index is 0.152. The molecule has 0 aliphatic rings. The molecule has 0 aliphatic carbocycles. The Hall–Kier alpha value is -2.35. The Labute approximate surface area is 149 Å². The summed E-state index contributed by atoms with van der Waals surface area (Å²) in [6, 6.07) is 4.83. The van der Waals surface area contributed by atoms with Crippen molar-refractivity contribution in [2.45, 2.75) is 26.9 Å². The molecule has 8 heteroatoms. The zero-order valence-electron chi connectivity index (χ0n) is 14.2. The number of aryl methyl sites for hydroxylation is 1. The van der Waals surface area contributed by atoms with E-state index in [1.54, 1.807) is 14.0 Å². The lowest BCUT2D eigenvalue weighted by Crippen LogP contribution is -2.21. The number of nitrogens with one attached hydrogen (secondary N) is 2. The van der Waals surface area contributed by atoms with E-state index in [-0.39, 0.29) is 10.8 Å². The molecule has 134 valence electrons. The number of thiocarbonyl (C=S) groups is 1. The van der Waals surface area contributed by atoms with Gasteiger partial charge in [0.15, 0.2) is 5.11 Å². The van der Waals surface area contributed by atoms with Crippen molar-refractivity contribution < 1.29 is 17.9 Å². The van der Waals surface area contributed by atoms with Crippen LogP contribution in [0.25, 0.3) is 0 Å². The Morgan fingerprint density at radius 2 is 1.80 bits per heavy atom. The molecule has 0 spiro atoms. The molecule has 0 fully saturated rings. The Morgan fingerprint density at radius 3 is 2.40 bits per heavy atom. The van der Waals surface area contributed by atoms with E-state index < -0.39 is 11.7 Å². The molecule has 0 bridgehead atoms. The van der Waals surface area contributed by atoms with Gasteiger partial charge in [0.25, 0.3) is 0 Å². The predicted molar refractivity (Wildman–Crippen MR) is 96.3 cm³/mol. The number of benzene rings is 1. The first-order chi connectivity index (χ1) is 11.6. The molecule has 0 saturated heterocycles. The fourth-order valence-corrected chi connectivity index (χ4v) is 2.60. The number of halogens is 3. The smallest absolute Gasteiger partial charge is 0.416 e. The molecule has 25 heavy (non-hydrogen) atoms. The number of alkyl halides is 3. The topological polar surface area (TPSA) is 46.2 Å². The SMILES string of the molecule is COc1c(C)nc(NC(=S)Nc2cccc(C(F)(F)F)c2)c(C)c1C. The van der Waals surface area contributed by atoms with Gasteiger partial charge in [-0.05, 0) is 62.3 Å². The van der Waals surface area contributed by atoms with Crippen LogP contribution in [0.3, 0.4) is 0 Å². The van der Waals surface area contributed by atoms with E-state index in [0.717, 1.165) is 23.3 Å². The second-order valence-corrected chi connectivity index (χ2v) is 5.90. The lowest BCUT2D eigenvalue weighted by Gasteiger charge is -2.17. The molecule has 0 amide bonds. The molecule has 0 radical (unpaired) electrons. The summed E-state index contributed by atoms with van der Waals surface area (Å²) in [7, 11) is 1.57. The monoisotopic (exact) mass is 369 g/mol. The fraction of sp³-hybridized carbons (Fsp3) is 0.294. The molecule has 0 unspecified atom stereocenters. The Balaban J connectivity index is 2.19. The Kier molecular flexibility index (Phi) is 5.52. The lowest BCUT2D eigenvalue weighted by molar-refractivity contribution is -0.137. The molecule has 0 saturated carbocycles. The molecule has 2 rings (SSSR count). The van der Waals surface area contributed by atoms with Crippen molar-refractivity contribution in [3.8, 4) is 5.75 Å². The van der Waals surface area contributed by atoms with Crippen LogP contribution in [-0.2, 0) is 6.18 Å². The van der Waals surface area contributed by atoms with Crippen molar-refractivity contribution >= 4 is 28.8 Å². The third-order valence-corrected chi connectivity index (χ3v) is 3.95. The predicted octanol–water partition coefficient (Wildman–Crippen LogP) is 4.84. The molecule has 1 heterocycles. The fourth-order valence-electron chi connectivity index (χ4n) is 2.39. The van der Waals surface area contributed by atoms with Crippen molar-refractivity contribution in [1.82, 2.24) is 4.98 Å². The van der Waals surface area contributed by atoms with E-state index in [2.05, 4.69) is 15.6 Å². The second-order valence-electron chi connectivity index (χ2n) is 5.49. The van der Waals surface area contributed by atoms with Gasteiger partial charge in [0, 0.05) is 5.69 Å². The summed E-state index contributed by atoms with van der Waals surface area (Å²) >= 11 is 5.19. The first-order valence-electron chi connectivity index (χ1n) is 7.40. The summed E-state index contributed by atoms with van der Waals surface area (Å²) < 4.78 is 43.6. The summed E-state index contributed by atoms with van der Waals surface area (Å²) in [6.45, 7) is 5.57. The van der Waals surface area contributed by atoms with E-state index in [1.807, 2.05) is 13.8 Å². The minimum atomic E-state index is -4.41. The van der Waals surface area contributed by atoms with Crippen molar-refractivity contribution in [3.63, 3.8) is 0 Å². The van der Waals surface area contributed by atoms with Crippen LogP contribution >= 0.6 is 12.2 Å². The van der Waals surface area contributed by atoms with E-state index >= 15 is 0 Å². The average Bonchev–Trinajstić information content (AvgIpc) is 2.52. The highest BCUT2D eigenvalue weighted by Gasteiger charge is 2.30. The normalized spacial score (nSPS) is 11.2.